The van der Waals surface area contributed by atoms with Gasteiger partial charge in [0, 0.05) is 59.3 Å². The van der Waals surface area contributed by atoms with Crippen molar-refractivity contribution < 1.29 is 14.6 Å². The van der Waals surface area contributed by atoms with Crippen molar-refractivity contribution in [2.75, 3.05) is 34.8 Å². The van der Waals surface area contributed by atoms with Gasteiger partial charge < -0.3 is 24.2 Å². The van der Waals surface area contributed by atoms with E-state index in [9.17, 15) is 9.90 Å². The van der Waals surface area contributed by atoms with Gasteiger partial charge in [-0.2, -0.15) is 0 Å². The number of esters is 1. The fraction of sp³-hybridized carbons (Fsp3) is 0.440. The number of benzene rings is 1. The number of phenols is 1. The van der Waals surface area contributed by atoms with E-state index in [2.05, 4.69) is 23.4 Å². The van der Waals surface area contributed by atoms with Gasteiger partial charge >= 0.3 is 5.97 Å². The molecule has 1 aromatic carbocycles. The minimum absolute atomic E-state index is 0.106. The first-order chi connectivity index (χ1) is 15.2. The molecule has 0 aliphatic carbocycles. The van der Waals surface area contributed by atoms with Crippen LogP contribution in [0.25, 0.3) is 22.0 Å². The monoisotopic (exact) mass is 438 g/mol. The molecule has 0 aliphatic rings. The number of rotatable bonds is 8. The number of carbonyl (C=O) groups excluding carboxylic acids is 1. The number of hydrogen-bond acceptors (Lipinski definition) is 6. The summed E-state index contributed by atoms with van der Waals surface area (Å²) in [5.41, 5.74) is 4.58. The van der Waals surface area contributed by atoms with Crippen LogP contribution in [0.4, 0.5) is 0 Å². The second-order valence-electron chi connectivity index (χ2n) is 8.87. The lowest BCUT2D eigenvalue weighted by atomic mass is 9.96. The van der Waals surface area contributed by atoms with Crippen molar-refractivity contribution in [3.05, 3.63) is 47.4 Å². The van der Waals surface area contributed by atoms with Crippen molar-refractivity contribution in [3.63, 3.8) is 0 Å². The molecule has 0 saturated carbocycles. The Morgan fingerprint density at radius 2 is 1.88 bits per heavy atom. The summed E-state index contributed by atoms with van der Waals surface area (Å²) < 4.78 is 7.68. The van der Waals surface area contributed by atoms with Crippen molar-refractivity contribution in [1.82, 2.24) is 19.4 Å². The van der Waals surface area contributed by atoms with E-state index in [1.165, 1.54) is 0 Å². The highest BCUT2D eigenvalue weighted by atomic mass is 16.5. The molecule has 2 aromatic heterocycles. The molecule has 0 saturated heterocycles. The van der Waals surface area contributed by atoms with Crippen LogP contribution in [-0.2, 0) is 17.8 Å². The first-order valence-electron chi connectivity index (χ1n) is 11.0. The Balaban J connectivity index is 2.52. The smallest absolute Gasteiger partial charge is 0.340 e. The molecular formula is C25H34N4O3. The van der Waals surface area contributed by atoms with Crippen LogP contribution in [0.2, 0.25) is 0 Å². The van der Waals surface area contributed by atoms with Crippen LogP contribution < -0.4 is 0 Å². The summed E-state index contributed by atoms with van der Waals surface area (Å²) in [5.74, 6) is -0.190. The van der Waals surface area contributed by atoms with Gasteiger partial charge in [0.1, 0.15) is 5.75 Å². The largest absolute Gasteiger partial charge is 0.507 e. The lowest BCUT2D eigenvalue weighted by Gasteiger charge is -2.19. The zero-order chi connectivity index (χ0) is 23.6. The highest BCUT2D eigenvalue weighted by Crippen LogP contribution is 2.43. The van der Waals surface area contributed by atoms with E-state index in [4.69, 9.17) is 4.74 Å². The van der Waals surface area contributed by atoms with Crippen LogP contribution in [0.3, 0.4) is 0 Å². The number of fused-ring (bicyclic) bond motifs is 1. The average molecular weight is 439 g/mol. The molecule has 0 atom stereocenters. The van der Waals surface area contributed by atoms with E-state index in [-0.39, 0.29) is 24.4 Å². The second kappa shape index (κ2) is 9.71. The summed E-state index contributed by atoms with van der Waals surface area (Å²) in [4.78, 5) is 21.5. The molecule has 2 heterocycles. The Morgan fingerprint density at radius 1 is 1.19 bits per heavy atom. The van der Waals surface area contributed by atoms with E-state index in [0.717, 1.165) is 22.2 Å². The molecule has 0 unspecified atom stereocenters. The van der Waals surface area contributed by atoms with Crippen molar-refractivity contribution in [2.24, 2.45) is 0 Å². The normalized spacial score (nSPS) is 11.8. The molecule has 0 fully saturated rings. The fourth-order valence-electron chi connectivity index (χ4n) is 4.27. The number of ether oxygens (including phenoxy) is 1. The lowest BCUT2D eigenvalue weighted by Crippen LogP contribution is -2.19. The van der Waals surface area contributed by atoms with Gasteiger partial charge in [-0.05, 0) is 61.1 Å². The van der Waals surface area contributed by atoms with Crippen LogP contribution in [0.15, 0.2) is 30.6 Å². The summed E-state index contributed by atoms with van der Waals surface area (Å²) in [7, 11) is 7.87. The third-order valence-electron chi connectivity index (χ3n) is 5.38. The molecular weight excluding hydrogens is 404 g/mol. The number of pyridine rings is 1. The van der Waals surface area contributed by atoms with Gasteiger partial charge in [-0.25, -0.2) is 4.79 Å². The van der Waals surface area contributed by atoms with Crippen molar-refractivity contribution >= 4 is 16.9 Å². The van der Waals surface area contributed by atoms with Gasteiger partial charge in [0.15, 0.2) is 0 Å². The highest BCUT2D eigenvalue weighted by molar-refractivity contribution is 6.09. The Kier molecular flexibility index (Phi) is 7.21. The summed E-state index contributed by atoms with van der Waals surface area (Å²) in [6.45, 7) is 7.37. The zero-order valence-electron chi connectivity index (χ0n) is 20.1. The molecule has 3 aromatic rings. The Labute approximate surface area is 190 Å². The van der Waals surface area contributed by atoms with Crippen molar-refractivity contribution in [3.8, 4) is 16.9 Å². The van der Waals surface area contributed by atoms with Gasteiger partial charge in [-0.15, -0.1) is 0 Å². The molecule has 7 heteroatoms. The molecule has 172 valence electrons. The molecule has 0 spiro atoms. The summed E-state index contributed by atoms with van der Waals surface area (Å²) >= 11 is 0. The van der Waals surface area contributed by atoms with Gasteiger partial charge in [-0.1, -0.05) is 6.07 Å². The minimum atomic E-state index is -0.359. The SMILES string of the molecule is CCOC(=O)c1c(CN(C)C)n(C(C)C)c2cc(-c3cccnc3)c(O)c(CN(C)C)c12. The predicted molar refractivity (Wildman–Crippen MR) is 128 cm³/mol. The summed E-state index contributed by atoms with van der Waals surface area (Å²) in [6.07, 6.45) is 3.46. The van der Waals surface area contributed by atoms with E-state index < -0.39 is 0 Å². The Morgan fingerprint density at radius 3 is 2.41 bits per heavy atom. The quantitative estimate of drug-likeness (QED) is 0.529. The number of aromatic hydroxyl groups is 1. The number of hydrogen-bond donors (Lipinski definition) is 1. The molecule has 0 aliphatic heterocycles. The van der Waals surface area contributed by atoms with Crippen LogP contribution in [-0.4, -0.2) is 65.2 Å². The van der Waals surface area contributed by atoms with Crippen molar-refractivity contribution in [2.45, 2.75) is 39.9 Å². The lowest BCUT2D eigenvalue weighted by molar-refractivity contribution is 0.0526. The minimum Gasteiger partial charge on any atom is -0.507 e. The van der Waals surface area contributed by atoms with Gasteiger partial charge in [0.05, 0.1) is 17.7 Å². The topological polar surface area (TPSA) is 70.8 Å². The zero-order valence-corrected chi connectivity index (χ0v) is 20.1. The van der Waals surface area contributed by atoms with E-state index in [0.29, 0.717) is 29.8 Å². The highest BCUT2D eigenvalue weighted by Gasteiger charge is 2.30. The molecule has 0 amide bonds. The number of phenolic OH excluding ortho intramolecular Hbond substituents is 1. The Hall–Kier alpha value is -2.90. The number of nitrogens with zero attached hydrogens (tertiary/aromatic N) is 4. The summed E-state index contributed by atoms with van der Waals surface area (Å²) in [6, 6.07) is 5.87. The van der Waals surface area contributed by atoms with Crippen LogP contribution in [0.5, 0.6) is 5.75 Å². The van der Waals surface area contributed by atoms with Crippen LogP contribution in [0, 0.1) is 0 Å². The van der Waals surface area contributed by atoms with Crippen LogP contribution >= 0.6 is 0 Å². The van der Waals surface area contributed by atoms with Gasteiger partial charge in [-0.3, -0.25) is 4.98 Å². The van der Waals surface area contributed by atoms with E-state index in [1.807, 2.05) is 63.1 Å². The summed E-state index contributed by atoms with van der Waals surface area (Å²) in [5, 5.41) is 12.2. The maximum atomic E-state index is 13.2. The number of aromatic nitrogens is 2. The first kappa shape index (κ1) is 23.8. The molecule has 7 nitrogen and oxygen atoms in total. The predicted octanol–water partition coefficient (Wildman–Crippen LogP) is 4.29. The average Bonchev–Trinajstić information content (AvgIpc) is 3.03. The standard InChI is InChI=1S/C25H34N4O3/c1-8-32-25(31)23-21(15-28(6)7)29(16(2)3)20-12-18(17-10-9-11-26-13-17)24(30)19(22(20)23)14-27(4)5/h9-13,16,30H,8,14-15H2,1-7H3. The Bertz CT molecular complexity index is 1100. The first-order valence-corrected chi connectivity index (χ1v) is 11.0. The third-order valence-corrected chi connectivity index (χ3v) is 5.38. The molecule has 3 rings (SSSR count). The molecule has 32 heavy (non-hydrogen) atoms. The van der Waals surface area contributed by atoms with Crippen molar-refractivity contribution in [1.29, 1.82) is 0 Å². The van der Waals surface area contributed by atoms with E-state index >= 15 is 0 Å². The molecule has 1 N–H and O–H groups in total. The fourth-order valence-corrected chi connectivity index (χ4v) is 4.27. The maximum absolute atomic E-state index is 13.2. The van der Waals surface area contributed by atoms with Crippen LogP contribution in [0.1, 0.15) is 48.4 Å². The maximum Gasteiger partial charge on any atom is 0.340 e. The molecule has 0 bridgehead atoms. The molecule has 0 radical (unpaired) electrons. The van der Waals surface area contributed by atoms with Gasteiger partial charge in [0.25, 0.3) is 0 Å². The number of carbonyl (C=O) groups is 1. The second-order valence-corrected chi connectivity index (χ2v) is 8.87. The third kappa shape index (κ3) is 4.49. The van der Waals surface area contributed by atoms with E-state index in [1.54, 1.807) is 12.4 Å². The van der Waals surface area contributed by atoms with Gasteiger partial charge in [0.2, 0.25) is 0 Å².